The van der Waals surface area contributed by atoms with E-state index in [0.29, 0.717) is 12.8 Å². The van der Waals surface area contributed by atoms with E-state index in [2.05, 4.69) is 4.76 Å². The van der Waals surface area contributed by atoms with Gasteiger partial charge in [-0.2, -0.15) is 0 Å². The highest BCUT2D eigenvalue weighted by molar-refractivity contribution is 7.52. The van der Waals surface area contributed by atoms with Crippen molar-refractivity contribution in [2.75, 3.05) is 20.3 Å². The fourth-order valence-electron chi connectivity index (χ4n) is 4.75. The highest BCUT2D eigenvalue weighted by atomic mass is 31.2. The molecule has 0 amide bonds. The van der Waals surface area contributed by atoms with E-state index in [-0.39, 0.29) is 43.6 Å². The van der Waals surface area contributed by atoms with Crippen molar-refractivity contribution in [1.82, 2.24) is 4.90 Å². The molecule has 2 aromatic carbocycles. The Labute approximate surface area is 275 Å². The van der Waals surface area contributed by atoms with Gasteiger partial charge in [0.15, 0.2) is 0 Å². The Kier molecular flexibility index (Phi) is 15.2. The van der Waals surface area contributed by atoms with Gasteiger partial charge in [0.05, 0.1) is 13.2 Å². The van der Waals surface area contributed by atoms with Crippen molar-refractivity contribution >= 4 is 32.0 Å². The predicted octanol–water partition coefficient (Wildman–Crippen LogP) is 6.89. The zero-order chi connectivity index (χ0) is 35.1. The minimum Gasteiger partial charge on any atom is -0.480 e. The minimum atomic E-state index is -5.13. The Morgan fingerprint density at radius 3 is 1.53 bits per heavy atom. The maximum atomic E-state index is 15.3. The van der Waals surface area contributed by atoms with Gasteiger partial charge in [0, 0.05) is 31.0 Å². The van der Waals surface area contributed by atoms with E-state index >= 15 is 4.57 Å². The average Bonchev–Trinajstić information content (AvgIpc) is 3.02. The third-order valence-electron chi connectivity index (χ3n) is 6.86. The fraction of sp³-hybridized carbons (Fsp3) is 0.500. The number of guanidine groups is 1. The first-order valence-electron chi connectivity index (χ1n) is 15.5. The molecule has 0 aliphatic rings. The number of nitrogens with zero attached hydrogens (tertiary/aromatic N) is 2. The topological polar surface area (TPSA) is 186 Å². The molecule has 14 nitrogen and oxygen atoms in total. The largest absolute Gasteiger partial charge is 0.511 e. The molecule has 3 atom stereocenters. The molecule has 260 valence electrons. The molecule has 2 rings (SSSR count). The van der Waals surface area contributed by atoms with Crippen molar-refractivity contribution in [2.24, 2.45) is 10.5 Å². The van der Waals surface area contributed by atoms with Gasteiger partial charge in [0.25, 0.3) is 11.6 Å². The summed E-state index contributed by atoms with van der Waals surface area (Å²) in [6, 6.07) is 15.2. The number of carbonyl (C=O) groups excluding carboxylic acids is 2. The first-order chi connectivity index (χ1) is 22.3. The van der Waals surface area contributed by atoms with Gasteiger partial charge in [-0.05, 0) is 33.1 Å². The van der Waals surface area contributed by atoms with Gasteiger partial charge in [-0.3, -0.25) is 0 Å². The summed E-state index contributed by atoms with van der Waals surface area (Å²) in [6.45, 7) is 8.28. The van der Waals surface area contributed by atoms with Crippen molar-refractivity contribution in [3.63, 3.8) is 0 Å². The molecule has 47 heavy (non-hydrogen) atoms. The summed E-state index contributed by atoms with van der Waals surface area (Å²) < 4.78 is 53.6. The lowest BCUT2D eigenvalue weighted by molar-refractivity contribution is -0.205. The summed E-state index contributed by atoms with van der Waals surface area (Å²) in [5, 5.41) is 9.77. The summed E-state index contributed by atoms with van der Waals surface area (Å²) in [7, 11) is -3.78. The summed E-state index contributed by atoms with van der Waals surface area (Å²) in [5.41, 5.74) is 6.80. The normalized spacial score (nSPS) is 16.0. The number of ether oxygens (including phenoxy) is 4. The second-order valence-corrected chi connectivity index (χ2v) is 11.8. The number of carboxylic acid groups (broad SMARTS) is 1. The second kappa shape index (κ2) is 18.3. The summed E-state index contributed by atoms with van der Waals surface area (Å²) >= 11 is 0. The Balaban J connectivity index is 2.95. The summed E-state index contributed by atoms with van der Waals surface area (Å²) in [6.07, 6.45) is -1.61. The molecule has 0 saturated heterocycles. The Hall–Kier alpha value is -4.13. The number of carbonyl (C=O) groups is 3. The molecule has 15 heteroatoms. The van der Waals surface area contributed by atoms with Crippen LogP contribution in [0.15, 0.2) is 65.4 Å². The van der Waals surface area contributed by atoms with Crippen molar-refractivity contribution in [3.05, 3.63) is 71.8 Å². The van der Waals surface area contributed by atoms with Crippen molar-refractivity contribution in [3.8, 4) is 0 Å². The number of carboxylic acids is 1. The summed E-state index contributed by atoms with van der Waals surface area (Å²) in [4.78, 5) is 38.8. The van der Waals surface area contributed by atoms with Crippen molar-refractivity contribution < 1.29 is 52.1 Å². The van der Waals surface area contributed by atoms with Crippen LogP contribution < -0.4 is 5.73 Å². The number of rotatable bonds is 18. The van der Waals surface area contributed by atoms with E-state index in [0.717, 1.165) is 4.90 Å². The van der Waals surface area contributed by atoms with Crippen LogP contribution in [0.1, 0.15) is 77.8 Å². The molecule has 0 spiro atoms. The monoisotopic (exact) mass is 679 g/mol. The highest BCUT2D eigenvalue weighted by Crippen LogP contribution is 2.61. The molecule has 3 unspecified atom stereocenters. The molecule has 0 bridgehead atoms. The Bertz CT molecular complexity index is 1300. The molecule has 0 aliphatic heterocycles. The molecule has 0 radical (unpaired) electrons. The average molecular weight is 680 g/mol. The molecule has 3 N–H and O–H groups in total. The molecule has 0 saturated carbocycles. The van der Waals surface area contributed by atoms with Gasteiger partial charge < -0.3 is 34.7 Å². The molecule has 2 aromatic rings. The van der Waals surface area contributed by atoms with Crippen LogP contribution >= 0.6 is 7.75 Å². The number of nitrogens with two attached hydrogens (primary N) is 1. The zero-order valence-electron chi connectivity index (χ0n) is 27.7. The van der Waals surface area contributed by atoms with E-state index in [1.165, 1.54) is 7.05 Å². The first-order valence-corrected chi connectivity index (χ1v) is 17.0. The van der Waals surface area contributed by atoms with Crippen LogP contribution in [0.25, 0.3) is 0 Å². The van der Waals surface area contributed by atoms with Gasteiger partial charge in [-0.25, -0.2) is 28.0 Å². The van der Waals surface area contributed by atoms with Gasteiger partial charge in [-0.1, -0.05) is 81.4 Å². The van der Waals surface area contributed by atoms with E-state index in [1.807, 2.05) is 0 Å². The standard InChI is InChI=1S/C32H46N3O11P/c1-7-22-31(43-29(38)41-10-4,24-18-14-12-15-19-24)45-47(40,34-28(33)35(6)26(9-3)27(36)37)46-32(23-8-2,44-30(39)42-11-5)25-20-16-13-17-21-25/h12-21,26H,7-11,22-23H2,1-6H3,(H,36,37)(H2,33,34,40). The zero-order valence-corrected chi connectivity index (χ0v) is 28.6. The molecular formula is C32H46N3O11P. The minimum absolute atomic E-state index is 0.0333. The molecule has 0 aromatic heterocycles. The van der Waals surface area contributed by atoms with Crippen LogP contribution in [0.4, 0.5) is 9.59 Å². The maximum Gasteiger partial charge on any atom is 0.511 e. The molecule has 0 heterocycles. The molecule has 0 fully saturated rings. The van der Waals surface area contributed by atoms with Gasteiger partial charge in [0.2, 0.25) is 5.96 Å². The number of likely N-dealkylation sites (N-methyl/N-ethyl adjacent to an activating group) is 1. The van der Waals surface area contributed by atoms with Crippen LogP contribution in [0.3, 0.4) is 0 Å². The van der Waals surface area contributed by atoms with E-state index in [1.54, 1.807) is 95.3 Å². The van der Waals surface area contributed by atoms with Gasteiger partial charge >= 0.3 is 26.0 Å². The number of benzene rings is 2. The van der Waals surface area contributed by atoms with Crippen LogP contribution in [0.2, 0.25) is 0 Å². The van der Waals surface area contributed by atoms with Gasteiger partial charge in [0.1, 0.15) is 6.04 Å². The van der Waals surface area contributed by atoms with Crippen LogP contribution in [-0.2, 0) is 48.9 Å². The maximum absolute atomic E-state index is 15.3. The van der Waals surface area contributed by atoms with E-state index in [9.17, 15) is 19.5 Å². The predicted molar refractivity (Wildman–Crippen MR) is 173 cm³/mol. The highest BCUT2D eigenvalue weighted by Gasteiger charge is 2.52. The fourth-order valence-corrected chi connectivity index (χ4v) is 6.48. The number of hydrogen-bond donors (Lipinski definition) is 2. The number of aliphatic carboxylic acids is 1. The molecule has 0 aliphatic carbocycles. The third-order valence-corrected chi connectivity index (χ3v) is 8.36. The van der Waals surface area contributed by atoms with E-state index in [4.69, 9.17) is 33.7 Å². The van der Waals surface area contributed by atoms with Crippen LogP contribution in [0, 0.1) is 0 Å². The lowest BCUT2D eigenvalue weighted by atomic mass is 10.0. The quantitative estimate of drug-likeness (QED) is 0.0546. The number of hydrogen-bond acceptors (Lipinski definition) is 10. The molecular weight excluding hydrogens is 633 g/mol. The lowest BCUT2D eigenvalue weighted by Gasteiger charge is -2.38. The van der Waals surface area contributed by atoms with Crippen LogP contribution in [-0.4, -0.2) is 60.5 Å². The summed E-state index contributed by atoms with van der Waals surface area (Å²) in [5.74, 6) is -6.01. The smallest absolute Gasteiger partial charge is 0.480 e. The van der Waals surface area contributed by atoms with Crippen molar-refractivity contribution in [1.29, 1.82) is 0 Å². The van der Waals surface area contributed by atoms with E-state index < -0.39 is 49.6 Å². The Morgan fingerprint density at radius 1 is 0.809 bits per heavy atom. The van der Waals surface area contributed by atoms with Crippen molar-refractivity contribution in [2.45, 2.75) is 84.3 Å². The second-order valence-electron chi connectivity index (χ2n) is 10.3. The third kappa shape index (κ3) is 10.7. The van der Waals surface area contributed by atoms with Gasteiger partial charge in [-0.15, -0.1) is 4.76 Å². The SMILES string of the molecule is CCCC(OC(=O)OCC)(OP(=O)(N=C(N)N(C)C(CC)C(=O)O)OC(CCC)(OC(=O)OCC)c1ccccc1)c1ccccc1. The first kappa shape index (κ1) is 39.1. The lowest BCUT2D eigenvalue weighted by Crippen LogP contribution is -2.46. The van der Waals surface area contributed by atoms with Crippen LogP contribution in [0.5, 0.6) is 0 Å². The Morgan fingerprint density at radius 2 is 1.21 bits per heavy atom.